The summed E-state index contributed by atoms with van der Waals surface area (Å²) >= 11 is 4.30. The number of rotatable bonds is 5. The van der Waals surface area contributed by atoms with Gasteiger partial charge < -0.3 is 9.52 Å². The van der Waals surface area contributed by atoms with Crippen LogP contribution in [0.1, 0.15) is 21.7 Å². The predicted molar refractivity (Wildman–Crippen MR) is 117 cm³/mol. The lowest BCUT2D eigenvalue weighted by Gasteiger charge is -2.13. The third kappa shape index (κ3) is 4.10. The predicted octanol–water partition coefficient (Wildman–Crippen LogP) is 5.64. The van der Waals surface area contributed by atoms with Gasteiger partial charge >= 0.3 is 5.97 Å². The Bertz CT molecular complexity index is 1180. The minimum atomic E-state index is -1.00. The highest BCUT2D eigenvalue weighted by Crippen LogP contribution is 2.35. The maximum atomic E-state index is 12.7. The number of nitrogens with zero attached hydrogens (tertiary/aromatic N) is 1. The number of imide groups is 1. The lowest BCUT2D eigenvalue weighted by molar-refractivity contribution is -0.123. The summed E-state index contributed by atoms with van der Waals surface area (Å²) in [6, 6.07) is 17.1. The fourth-order valence-electron chi connectivity index (χ4n) is 2.93. The maximum absolute atomic E-state index is 12.7. The van der Waals surface area contributed by atoms with Crippen LogP contribution in [0.4, 0.5) is 4.79 Å². The molecule has 2 amide bonds. The van der Waals surface area contributed by atoms with E-state index in [9.17, 15) is 14.4 Å². The minimum Gasteiger partial charge on any atom is -0.478 e. The Labute approximate surface area is 184 Å². The minimum absolute atomic E-state index is 0.183. The average Bonchev–Trinajstić information content (AvgIpc) is 3.30. The van der Waals surface area contributed by atoms with Gasteiger partial charge in [-0.3, -0.25) is 14.5 Å². The van der Waals surface area contributed by atoms with E-state index in [0.29, 0.717) is 17.1 Å². The normalized spacial score (nSPS) is 15.2. The number of halogens is 1. The molecule has 1 N–H and O–H groups in total. The van der Waals surface area contributed by atoms with Crippen LogP contribution >= 0.6 is 27.7 Å². The first-order valence-corrected chi connectivity index (χ1v) is 10.5. The summed E-state index contributed by atoms with van der Waals surface area (Å²) in [6.07, 6.45) is 1.54. The SMILES string of the molecule is O=C(O)c1ccc(-c2ccc(/C=C3\SC(=O)N(Cc4ccccc4Br)C3=O)o2)cc1. The van der Waals surface area contributed by atoms with E-state index in [-0.39, 0.29) is 28.2 Å². The lowest BCUT2D eigenvalue weighted by atomic mass is 10.1. The van der Waals surface area contributed by atoms with E-state index < -0.39 is 5.97 Å². The zero-order chi connectivity index (χ0) is 21.3. The van der Waals surface area contributed by atoms with Crippen LogP contribution in [0.5, 0.6) is 0 Å². The molecule has 1 saturated heterocycles. The Kier molecular flexibility index (Phi) is 5.61. The number of hydrogen-bond donors (Lipinski definition) is 1. The Morgan fingerprint density at radius 3 is 2.50 bits per heavy atom. The van der Waals surface area contributed by atoms with Crippen molar-refractivity contribution in [3.8, 4) is 11.3 Å². The van der Waals surface area contributed by atoms with E-state index in [0.717, 1.165) is 21.8 Å². The molecular weight excluding hydrogens is 470 g/mol. The average molecular weight is 484 g/mol. The first-order valence-electron chi connectivity index (χ1n) is 8.85. The summed E-state index contributed by atoms with van der Waals surface area (Å²) in [7, 11) is 0. The fraction of sp³-hybridized carbons (Fsp3) is 0.0455. The van der Waals surface area contributed by atoms with Gasteiger partial charge in [-0.15, -0.1) is 0 Å². The highest BCUT2D eigenvalue weighted by atomic mass is 79.9. The Balaban J connectivity index is 1.53. The summed E-state index contributed by atoms with van der Waals surface area (Å²) in [5, 5.41) is 8.65. The topological polar surface area (TPSA) is 87.8 Å². The van der Waals surface area contributed by atoms with Crippen LogP contribution in [-0.2, 0) is 11.3 Å². The van der Waals surface area contributed by atoms with Crippen LogP contribution in [0.3, 0.4) is 0 Å². The number of carbonyl (C=O) groups excluding carboxylic acids is 2. The van der Waals surface area contributed by atoms with Gasteiger partial charge in [0.2, 0.25) is 0 Å². The zero-order valence-electron chi connectivity index (χ0n) is 15.4. The third-order valence-corrected chi connectivity index (χ3v) is 6.16. The van der Waals surface area contributed by atoms with E-state index in [4.69, 9.17) is 9.52 Å². The Hall–Kier alpha value is -3.10. The first-order chi connectivity index (χ1) is 14.4. The Morgan fingerprint density at radius 1 is 1.07 bits per heavy atom. The quantitative estimate of drug-likeness (QED) is 0.472. The van der Waals surface area contributed by atoms with Crippen LogP contribution in [0.15, 0.2) is 74.5 Å². The molecule has 6 nitrogen and oxygen atoms in total. The van der Waals surface area contributed by atoms with Gasteiger partial charge in [0, 0.05) is 16.1 Å². The van der Waals surface area contributed by atoms with Gasteiger partial charge in [-0.25, -0.2) is 4.79 Å². The molecule has 0 aliphatic carbocycles. The lowest BCUT2D eigenvalue weighted by Crippen LogP contribution is -2.27. The monoisotopic (exact) mass is 483 g/mol. The van der Waals surface area contributed by atoms with Crippen molar-refractivity contribution in [2.24, 2.45) is 0 Å². The van der Waals surface area contributed by atoms with E-state index in [1.165, 1.54) is 17.0 Å². The number of amides is 2. The molecular formula is C22H14BrNO5S. The van der Waals surface area contributed by atoms with Crippen molar-refractivity contribution < 1.29 is 23.9 Å². The Morgan fingerprint density at radius 2 is 1.80 bits per heavy atom. The zero-order valence-corrected chi connectivity index (χ0v) is 17.8. The number of carboxylic acids is 1. The summed E-state index contributed by atoms with van der Waals surface area (Å²) in [6.45, 7) is 0.183. The molecule has 8 heteroatoms. The maximum Gasteiger partial charge on any atom is 0.335 e. The molecule has 2 heterocycles. The number of carbonyl (C=O) groups is 3. The molecule has 3 aromatic rings. The van der Waals surface area contributed by atoms with E-state index in [1.807, 2.05) is 24.3 Å². The largest absolute Gasteiger partial charge is 0.478 e. The van der Waals surface area contributed by atoms with Gasteiger partial charge in [-0.1, -0.05) is 46.3 Å². The van der Waals surface area contributed by atoms with Crippen molar-refractivity contribution in [2.45, 2.75) is 6.54 Å². The molecule has 1 aromatic heterocycles. The third-order valence-electron chi connectivity index (χ3n) is 4.48. The molecule has 0 bridgehead atoms. The second kappa shape index (κ2) is 8.33. The van der Waals surface area contributed by atoms with Crippen molar-refractivity contribution in [3.63, 3.8) is 0 Å². The summed E-state index contributed by atoms with van der Waals surface area (Å²) in [5.74, 6) is -0.409. The summed E-state index contributed by atoms with van der Waals surface area (Å²) < 4.78 is 6.59. The van der Waals surface area contributed by atoms with Crippen molar-refractivity contribution in [2.75, 3.05) is 0 Å². The molecule has 0 spiro atoms. The molecule has 4 rings (SSSR count). The molecule has 150 valence electrons. The van der Waals surface area contributed by atoms with Crippen molar-refractivity contribution in [3.05, 3.63) is 86.9 Å². The van der Waals surface area contributed by atoms with Crippen LogP contribution in [-0.4, -0.2) is 27.1 Å². The molecule has 0 saturated carbocycles. The number of hydrogen-bond acceptors (Lipinski definition) is 5. The number of thioether (sulfide) groups is 1. The highest BCUT2D eigenvalue weighted by molar-refractivity contribution is 9.10. The van der Waals surface area contributed by atoms with E-state index in [1.54, 1.807) is 30.3 Å². The molecule has 0 unspecified atom stereocenters. The van der Waals surface area contributed by atoms with Crippen LogP contribution in [0, 0.1) is 0 Å². The van der Waals surface area contributed by atoms with Gasteiger partial charge in [-0.05, 0) is 47.7 Å². The van der Waals surface area contributed by atoms with Crippen molar-refractivity contribution in [1.29, 1.82) is 0 Å². The molecule has 1 fully saturated rings. The second-order valence-electron chi connectivity index (χ2n) is 6.44. The van der Waals surface area contributed by atoms with Crippen LogP contribution < -0.4 is 0 Å². The summed E-state index contributed by atoms with van der Waals surface area (Å²) in [4.78, 5) is 37.5. The van der Waals surface area contributed by atoms with Crippen LogP contribution in [0.2, 0.25) is 0 Å². The smallest absolute Gasteiger partial charge is 0.335 e. The van der Waals surface area contributed by atoms with E-state index in [2.05, 4.69) is 15.9 Å². The number of benzene rings is 2. The number of furan rings is 1. The molecule has 2 aromatic carbocycles. The van der Waals surface area contributed by atoms with Gasteiger partial charge in [0.15, 0.2) is 0 Å². The van der Waals surface area contributed by atoms with Gasteiger partial charge in [0.1, 0.15) is 11.5 Å². The van der Waals surface area contributed by atoms with Crippen LogP contribution in [0.25, 0.3) is 17.4 Å². The molecule has 1 aliphatic heterocycles. The number of carboxylic acid groups (broad SMARTS) is 1. The second-order valence-corrected chi connectivity index (χ2v) is 8.29. The highest BCUT2D eigenvalue weighted by Gasteiger charge is 2.35. The van der Waals surface area contributed by atoms with Gasteiger partial charge in [0.05, 0.1) is 17.0 Å². The number of aromatic carboxylic acids is 1. The summed E-state index contributed by atoms with van der Waals surface area (Å²) in [5.41, 5.74) is 1.73. The van der Waals surface area contributed by atoms with E-state index >= 15 is 0 Å². The molecule has 1 aliphatic rings. The fourth-order valence-corrected chi connectivity index (χ4v) is 4.15. The van der Waals surface area contributed by atoms with Crippen molar-refractivity contribution >= 4 is 50.9 Å². The van der Waals surface area contributed by atoms with Crippen molar-refractivity contribution in [1.82, 2.24) is 4.90 Å². The van der Waals surface area contributed by atoms with Gasteiger partial charge in [0.25, 0.3) is 11.1 Å². The standard InChI is InChI=1S/C22H14BrNO5S/c23-17-4-2-1-3-15(17)12-24-20(25)19(30-22(24)28)11-16-9-10-18(29-16)13-5-7-14(8-6-13)21(26)27/h1-11H,12H2,(H,26,27)/b19-11-. The van der Waals surface area contributed by atoms with Gasteiger partial charge in [-0.2, -0.15) is 0 Å². The molecule has 30 heavy (non-hydrogen) atoms. The molecule has 0 atom stereocenters. The molecule has 0 radical (unpaired) electrons. The first kappa shape index (κ1) is 20.2.